The lowest BCUT2D eigenvalue weighted by atomic mass is 10.0. The van der Waals surface area contributed by atoms with Crippen molar-refractivity contribution in [3.8, 4) is 0 Å². The second-order valence-corrected chi connectivity index (χ2v) is 8.72. The molecule has 27 heavy (non-hydrogen) atoms. The van der Waals surface area contributed by atoms with Crippen LogP contribution in [0.15, 0.2) is 35.7 Å². The fourth-order valence-corrected chi connectivity index (χ4v) is 4.08. The summed E-state index contributed by atoms with van der Waals surface area (Å²) in [5.41, 5.74) is 0.810. The van der Waals surface area contributed by atoms with Crippen molar-refractivity contribution < 1.29 is 18.0 Å². The van der Waals surface area contributed by atoms with Gasteiger partial charge in [0, 0.05) is 38.5 Å². The number of hydrogen-bond acceptors (Lipinski definition) is 4. The molecule has 0 bridgehead atoms. The molecule has 1 heterocycles. The second-order valence-electron chi connectivity index (χ2n) is 6.90. The van der Waals surface area contributed by atoms with Gasteiger partial charge in [-0.25, -0.2) is 8.42 Å². The summed E-state index contributed by atoms with van der Waals surface area (Å²) in [4.78, 5) is 25.6. The molecule has 0 radical (unpaired) electrons. The lowest BCUT2D eigenvalue weighted by Crippen LogP contribution is -2.56. The van der Waals surface area contributed by atoms with E-state index < -0.39 is 16.1 Å². The Hall–Kier alpha value is -2.19. The summed E-state index contributed by atoms with van der Waals surface area (Å²) in [6.07, 6.45) is 1.57. The Balaban J connectivity index is 1.98. The van der Waals surface area contributed by atoms with E-state index in [-0.39, 0.29) is 30.8 Å². The molecular formula is C19H27N3O4S. The topological polar surface area (TPSA) is 86.8 Å². The number of hydrogen-bond donors (Lipinski definition) is 1. The van der Waals surface area contributed by atoms with Crippen molar-refractivity contribution in [2.75, 3.05) is 26.2 Å². The van der Waals surface area contributed by atoms with Crippen LogP contribution in [0.25, 0.3) is 6.08 Å². The summed E-state index contributed by atoms with van der Waals surface area (Å²) in [6.45, 7) is 6.20. The molecule has 1 aromatic carbocycles. The Morgan fingerprint density at radius 2 is 1.67 bits per heavy atom. The zero-order chi connectivity index (χ0) is 20.0. The zero-order valence-corrected chi connectivity index (χ0v) is 16.8. The van der Waals surface area contributed by atoms with Gasteiger partial charge < -0.3 is 10.2 Å². The van der Waals surface area contributed by atoms with E-state index in [1.54, 1.807) is 11.0 Å². The van der Waals surface area contributed by atoms with Gasteiger partial charge in [0.25, 0.3) is 0 Å². The van der Waals surface area contributed by atoms with Crippen LogP contribution < -0.4 is 5.32 Å². The maximum absolute atomic E-state index is 12.7. The van der Waals surface area contributed by atoms with Crippen molar-refractivity contribution in [3.05, 3.63) is 41.3 Å². The molecule has 1 N–H and O–H groups in total. The van der Waals surface area contributed by atoms with Gasteiger partial charge in [-0.15, -0.1) is 0 Å². The van der Waals surface area contributed by atoms with Crippen molar-refractivity contribution in [3.63, 3.8) is 0 Å². The van der Waals surface area contributed by atoms with E-state index in [9.17, 15) is 18.0 Å². The number of rotatable bonds is 6. The Labute approximate surface area is 161 Å². The third kappa shape index (κ3) is 5.90. The molecule has 0 saturated carbocycles. The molecule has 1 saturated heterocycles. The maximum Gasteiger partial charge on any atom is 0.245 e. The van der Waals surface area contributed by atoms with Gasteiger partial charge in [0.05, 0.1) is 0 Å². The van der Waals surface area contributed by atoms with Gasteiger partial charge in [0.15, 0.2) is 0 Å². The van der Waals surface area contributed by atoms with E-state index in [0.29, 0.717) is 13.1 Å². The molecule has 2 rings (SSSR count). The minimum Gasteiger partial charge on any atom is -0.344 e. The molecule has 8 heteroatoms. The smallest absolute Gasteiger partial charge is 0.245 e. The molecule has 2 amide bonds. The molecule has 1 aliphatic rings. The third-order valence-corrected chi connectivity index (χ3v) is 6.00. The summed E-state index contributed by atoms with van der Waals surface area (Å²) >= 11 is 0. The Morgan fingerprint density at radius 1 is 1.07 bits per heavy atom. The minimum absolute atomic E-state index is 0.0445. The molecule has 1 aliphatic heterocycles. The van der Waals surface area contributed by atoms with Crippen LogP contribution in [0.5, 0.6) is 0 Å². The number of sulfonamides is 1. The van der Waals surface area contributed by atoms with Crippen LogP contribution in [0.2, 0.25) is 0 Å². The molecule has 7 nitrogen and oxygen atoms in total. The summed E-state index contributed by atoms with van der Waals surface area (Å²) < 4.78 is 26.4. The molecule has 0 aromatic heterocycles. The molecule has 0 aliphatic carbocycles. The number of carbonyl (C=O) groups excluding carboxylic acids is 2. The number of benzene rings is 1. The first-order valence-electron chi connectivity index (χ1n) is 9.00. The highest BCUT2D eigenvalue weighted by Crippen LogP contribution is 2.14. The van der Waals surface area contributed by atoms with Crippen LogP contribution in [-0.2, 0) is 19.6 Å². The normalized spacial score (nSPS) is 17.3. The average molecular weight is 394 g/mol. The summed E-state index contributed by atoms with van der Waals surface area (Å²) in [5.74, 6) is -0.469. The van der Waals surface area contributed by atoms with Crippen LogP contribution in [0, 0.1) is 5.92 Å². The highest BCUT2D eigenvalue weighted by atomic mass is 32.2. The first-order chi connectivity index (χ1) is 12.7. The van der Waals surface area contributed by atoms with Crippen molar-refractivity contribution in [1.82, 2.24) is 14.5 Å². The van der Waals surface area contributed by atoms with E-state index in [1.807, 2.05) is 44.2 Å². The quantitative estimate of drug-likeness (QED) is 0.789. The number of nitrogens with zero attached hydrogens (tertiary/aromatic N) is 2. The third-order valence-electron chi connectivity index (χ3n) is 4.43. The highest BCUT2D eigenvalue weighted by molar-refractivity contribution is 7.92. The molecular weight excluding hydrogens is 366 g/mol. The van der Waals surface area contributed by atoms with Gasteiger partial charge in [-0.3, -0.25) is 9.59 Å². The lowest BCUT2D eigenvalue weighted by Gasteiger charge is -2.36. The predicted molar refractivity (Wildman–Crippen MR) is 105 cm³/mol. The van der Waals surface area contributed by atoms with Crippen LogP contribution in [-0.4, -0.2) is 61.7 Å². The van der Waals surface area contributed by atoms with Gasteiger partial charge in [-0.2, -0.15) is 4.31 Å². The van der Waals surface area contributed by atoms with Gasteiger partial charge >= 0.3 is 0 Å². The molecule has 1 fully saturated rings. The fourth-order valence-electron chi connectivity index (χ4n) is 2.91. The molecule has 148 valence electrons. The molecule has 0 spiro atoms. The second kappa shape index (κ2) is 9.14. The fraction of sp³-hybridized carbons (Fsp3) is 0.474. The van der Waals surface area contributed by atoms with E-state index in [0.717, 1.165) is 5.56 Å². The van der Waals surface area contributed by atoms with E-state index in [2.05, 4.69) is 5.32 Å². The summed E-state index contributed by atoms with van der Waals surface area (Å²) in [7, 11) is -3.54. The summed E-state index contributed by atoms with van der Waals surface area (Å²) in [5, 5.41) is 3.89. The first kappa shape index (κ1) is 21.1. The van der Waals surface area contributed by atoms with Crippen molar-refractivity contribution >= 4 is 27.9 Å². The van der Waals surface area contributed by atoms with E-state index >= 15 is 0 Å². The maximum atomic E-state index is 12.7. The van der Waals surface area contributed by atoms with Gasteiger partial charge in [0.2, 0.25) is 21.8 Å². The zero-order valence-electron chi connectivity index (χ0n) is 16.0. The van der Waals surface area contributed by atoms with Crippen molar-refractivity contribution in [2.45, 2.75) is 26.8 Å². The average Bonchev–Trinajstić information content (AvgIpc) is 2.64. The highest BCUT2D eigenvalue weighted by Gasteiger charge is 2.32. The molecule has 1 aromatic rings. The van der Waals surface area contributed by atoms with Crippen LogP contribution in [0.4, 0.5) is 0 Å². The first-order valence-corrected chi connectivity index (χ1v) is 10.5. The molecule has 1 atom stereocenters. The van der Waals surface area contributed by atoms with Crippen LogP contribution in [0.3, 0.4) is 0 Å². The number of nitrogens with one attached hydrogen (secondary N) is 1. The monoisotopic (exact) mass is 393 g/mol. The van der Waals surface area contributed by atoms with Crippen LogP contribution in [0.1, 0.15) is 26.3 Å². The van der Waals surface area contributed by atoms with E-state index in [1.165, 1.54) is 16.6 Å². The Bertz CT molecular complexity index is 782. The number of carbonyl (C=O) groups is 2. The lowest BCUT2D eigenvalue weighted by molar-refractivity contribution is -0.138. The van der Waals surface area contributed by atoms with E-state index in [4.69, 9.17) is 0 Å². The SMILES string of the molecule is CC(=O)N[C@@H](C(=O)N1CCN(S(=O)(=O)/C=C/c2ccccc2)CC1)C(C)C. The van der Waals surface area contributed by atoms with Crippen LogP contribution >= 0.6 is 0 Å². The Kier molecular flexibility index (Phi) is 7.15. The minimum atomic E-state index is -3.54. The Morgan fingerprint density at radius 3 is 2.19 bits per heavy atom. The van der Waals surface area contributed by atoms with Crippen molar-refractivity contribution in [1.29, 1.82) is 0 Å². The van der Waals surface area contributed by atoms with Gasteiger partial charge in [-0.05, 0) is 17.6 Å². The van der Waals surface area contributed by atoms with Gasteiger partial charge in [0.1, 0.15) is 6.04 Å². The number of piperazine rings is 1. The van der Waals surface area contributed by atoms with Crippen molar-refractivity contribution in [2.24, 2.45) is 5.92 Å². The summed E-state index contributed by atoms with van der Waals surface area (Å²) in [6, 6.07) is 8.62. The largest absolute Gasteiger partial charge is 0.344 e. The predicted octanol–water partition coefficient (Wildman–Crippen LogP) is 1.29. The standard InChI is InChI=1S/C19H27N3O4S/c1-15(2)18(20-16(3)23)19(24)21-10-12-22(13-11-21)27(25,26)14-9-17-7-5-4-6-8-17/h4-9,14-15,18H,10-13H2,1-3H3,(H,20,23)/b14-9+/t18-/m1/s1. The number of amides is 2. The molecule has 0 unspecified atom stereocenters. The van der Waals surface area contributed by atoms with Gasteiger partial charge in [-0.1, -0.05) is 44.2 Å².